The highest BCUT2D eigenvalue weighted by Crippen LogP contribution is 2.15. The van der Waals surface area contributed by atoms with E-state index in [-0.39, 0.29) is 12.0 Å². The van der Waals surface area contributed by atoms with Crippen LogP contribution in [0.4, 0.5) is 4.79 Å². The average Bonchev–Trinajstić information content (AvgIpc) is 2.77. The summed E-state index contributed by atoms with van der Waals surface area (Å²) >= 11 is 0. The highest BCUT2D eigenvalue weighted by atomic mass is 16.6. The molecule has 0 saturated heterocycles. The molecule has 0 bridgehead atoms. The van der Waals surface area contributed by atoms with Gasteiger partial charge in [0.1, 0.15) is 5.60 Å². The summed E-state index contributed by atoms with van der Waals surface area (Å²) in [4.78, 5) is 51.5. The predicted octanol–water partition coefficient (Wildman–Crippen LogP) is 2.61. The molecule has 0 radical (unpaired) electrons. The van der Waals surface area contributed by atoms with Crippen LogP contribution in [-0.2, 0) is 20.7 Å². The van der Waals surface area contributed by atoms with E-state index in [1.54, 1.807) is 75.4 Å². The first-order chi connectivity index (χ1) is 15.5. The largest absolute Gasteiger partial charge is 0.444 e. The lowest BCUT2D eigenvalue weighted by molar-refractivity contribution is -0.131. The van der Waals surface area contributed by atoms with E-state index in [9.17, 15) is 24.4 Å². The molecule has 0 aliphatic carbocycles. The van der Waals surface area contributed by atoms with Gasteiger partial charge in [0, 0.05) is 5.56 Å². The second-order valence-corrected chi connectivity index (χ2v) is 8.47. The van der Waals surface area contributed by atoms with Crippen LogP contribution in [0.5, 0.6) is 0 Å². The summed E-state index contributed by atoms with van der Waals surface area (Å²) in [7, 11) is 0. The van der Waals surface area contributed by atoms with Crippen molar-refractivity contribution < 1.29 is 23.9 Å². The van der Waals surface area contributed by atoms with Gasteiger partial charge in [-0.05, 0) is 32.8 Å². The Morgan fingerprint density at radius 3 is 2.03 bits per heavy atom. The van der Waals surface area contributed by atoms with Crippen LogP contribution in [0.3, 0.4) is 0 Å². The smallest absolute Gasteiger partial charge is 0.408 e. The Bertz CT molecular complexity index is 1040. The van der Waals surface area contributed by atoms with Gasteiger partial charge in [-0.3, -0.25) is 14.4 Å². The number of hydrogen-bond acceptors (Lipinski definition) is 7. The zero-order valence-electron chi connectivity index (χ0n) is 18.8. The third-order valence-corrected chi connectivity index (χ3v) is 4.63. The fourth-order valence-electron chi connectivity index (χ4n) is 3.08. The summed E-state index contributed by atoms with van der Waals surface area (Å²) in [5, 5.41) is 11.8. The number of ether oxygens (including phenoxy) is 1. The first-order valence-corrected chi connectivity index (χ1v) is 10.4. The lowest BCUT2D eigenvalue weighted by Gasteiger charge is -2.25. The Hall–Kier alpha value is -3.83. The molecular formula is C25H27N3O5. The Kier molecular flexibility index (Phi) is 8.60. The molecule has 0 heterocycles. The molecule has 172 valence electrons. The topological polar surface area (TPSA) is 139 Å². The highest BCUT2D eigenvalue weighted by Gasteiger charge is 2.40. The SMILES string of the molecule is CC(C)(C)OC(=O)N[C@@H](C(=O)C(N)Cc1ccccc1)C(=O)C(C#N)C(=O)c1ccccc1. The van der Waals surface area contributed by atoms with Crippen LogP contribution < -0.4 is 11.1 Å². The molecule has 8 nitrogen and oxygen atoms in total. The lowest BCUT2D eigenvalue weighted by Crippen LogP contribution is -2.56. The third kappa shape index (κ3) is 7.37. The summed E-state index contributed by atoms with van der Waals surface area (Å²) < 4.78 is 5.16. The molecule has 2 aromatic carbocycles. The van der Waals surface area contributed by atoms with Gasteiger partial charge in [-0.15, -0.1) is 0 Å². The number of Topliss-reactive ketones (excluding diaryl/α,β-unsaturated/α-hetero) is 3. The van der Waals surface area contributed by atoms with E-state index in [0.29, 0.717) is 0 Å². The van der Waals surface area contributed by atoms with Crippen molar-refractivity contribution in [2.45, 2.75) is 44.9 Å². The molecule has 2 unspecified atom stereocenters. The van der Waals surface area contributed by atoms with Gasteiger partial charge in [0.25, 0.3) is 0 Å². The highest BCUT2D eigenvalue weighted by molar-refractivity contribution is 6.21. The van der Waals surface area contributed by atoms with Crippen molar-refractivity contribution in [3.8, 4) is 6.07 Å². The predicted molar refractivity (Wildman–Crippen MR) is 121 cm³/mol. The van der Waals surface area contributed by atoms with Gasteiger partial charge in [-0.1, -0.05) is 60.7 Å². The quantitative estimate of drug-likeness (QED) is 0.443. The number of carbonyl (C=O) groups excluding carboxylic acids is 4. The fraction of sp³-hybridized carbons (Fsp3) is 0.320. The molecule has 0 aliphatic rings. The molecule has 33 heavy (non-hydrogen) atoms. The second-order valence-electron chi connectivity index (χ2n) is 8.47. The molecule has 1 amide bonds. The Balaban J connectivity index is 2.32. The molecule has 0 aromatic heterocycles. The van der Waals surface area contributed by atoms with Crippen LogP contribution in [0.1, 0.15) is 36.7 Å². The molecular weight excluding hydrogens is 422 g/mol. The molecule has 0 fully saturated rings. The Morgan fingerprint density at radius 2 is 1.52 bits per heavy atom. The summed E-state index contributed by atoms with van der Waals surface area (Å²) in [6.07, 6.45) is -0.937. The number of nitrogens with two attached hydrogens (primary N) is 1. The monoisotopic (exact) mass is 449 g/mol. The van der Waals surface area contributed by atoms with E-state index in [4.69, 9.17) is 10.5 Å². The number of hydrogen-bond donors (Lipinski definition) is 2. The van der Waals surface area contributed by atoms with E-state index in [1.807, 2.05) is 0 Å². The van der Waals surface area contributed by atoms with Crippen molar-refractivity contribution >= 4 is 23.4 Å². The molecule has 0 saturated carbocycles. The van der Waals surface area contributed by atoms with Crippen molar-refractivity contribution in [3.63, 3.8) is 0 Å². The van der Waals surface area contributed by atoms with Crippen LogP contribution in [0.2, 0.25) is 0 Å². The summed E-state index contributed by atoms with van der Waals surface area (Å²) in [6.45, 7) is 4.84. The van der Waals surface area contributed by atoms with Gasteiger partial charge < -0.3 is 15.8 Å². The molecule has 3 atom stereocenters. The van der Waals surface area contributed by atoms with Gasteiger partial charge in [0.15, 0.2) is 29.3 Å². The standard InChI is InChI=1S/C25H27N3O5/c1-25(2,3)33-24(32)28-20(23(31)19(27)14-16-10-6-4-7-11-16)22(30)18(15-26)21(29)17-12-8-5-9-13-17/h4-13,18-20H,14,27H2,1-3H3,(H,28,32)/t18?,19?,20-/m1/s1. The van der Waals surface area contributed by atoms with Crippen LogP contribution in [-0.4, -0.2) is 41.1 Å². The van der Waals surface area contributed by atoms with Gasteiger partial charge >= 0.3 is 6.09 Å². The van der Waals surface area contributed by atoms with Crippen molar-refractivity contribution in [1.82, 2.24) is 5.32 Å². The molecule has 0 aliphatic heterocycles. The number of rotatable bonds is 9. The number of nitrogens with one attached hydrogen (secondary N) is 1. The molecule has 2 rings (SSSR count). The first-order valence-electron chi connectivity index (χ1n) is 10.4. The van der Waals surface area contributed by atoms with Crippen LogP contribution in [0, 0.1) is 17.2 Å². The van der Waals surface area contributed by atoms with Crippen molar-refractivity contribution in [3.05, 3.63) is 71.8 Å². The van der Waals surface area contributed by atoms with Gasteiger partial charge in [-0.2, -0.15) is 5.26 Å². The zero-order valence-corrected chi connectivity index (χ0v) is 18.8. The number of nitriles is 1. The first kappa shape index (κ1) is 25.4. The number of nitrogens with zero attached hydrogens (tertiary/aromatic N) is 1. The maximum absolute atomic E-state index is 13.2. The summed E-state index contributed by atoms with van der Waals surface area (Å²) in [5.74, 6) is -4.47. The van der Waals surface area contributed by atoms with Crippen LogP contribution in [0.25, 0.3) is 0 Å². The lowest BCUT2D eigenvalue weighted by atomic mass is 9.87. The minimum atomic E-state index is -1.82. The fourth-order valence-corrected chi connectivity index (χ4v) is 3.08. The Labute approximate surface area is 192 Å². The number of benzene rings is 2. The molecule has 0 spiro atoms. The van der Waals surface area contributed by atoms with Crippen LogP contribution >= 0.6 is 0 Å². The van der Waals surface area contributed by atoms with Crippen molar-refractivity contribution in [2.24, 2.45) is 11.7 Å². The van der Waals surface area contributed by atoms with E-state index in [0.717, 1.165) is 5.56 Å². The summed E-state index contributed by atoms with van der Waals surface area (Å²) in [6, 6.07) is 15.3. The maximum atomic E-state index is 13.2. The second kappa shape index (κ2) is 11.2. The van der Waals surface area contributed by atoms with Gasteiger partial charge in [0.05, 0.1) is 12.1 Å². The van der Waals surface area contributed by atoms with Gasteiger partial charge in [-0.25, -0.2) is 4.79 Å². The third-order valence-electron chi connectivity index (χ3n) is 4.63. The van der Waals surface area contributed by atoms with Crippen molar-refractivity contribution in [1.29, 1.82) is 5.26 Å². The minimum Gasteiger partial charge on any atom is -0.444 e. The van der Waals surface area contributed by atoms with E-state index < -0.39 is 47.0 Å². The average molecular weight is 450 g/mol. The number of alkyl carbamates (subject to hydrolysis) is 1. The number of ketones is 3. The van der Waals surface area contributed by atoms with Crippen LogP contribution in [0.15, 0.2) is 60.7 Å². The van der Waals surface area contributed by atoms with Gasteiger partial charge in [0.2, 0.25) is 0 Å². The normalized spacial score (nSPS) is 13.7. The van der Waals surface area contributed by atoms with Crippen molar-refractivity contribution in [2.75, 3.05) is 0 Å². The molecule has 3 N–H and O–H groups in total. The molecule has 8 heteroatoms. The summed E-state index contributed by atoms with van der Waals surface area (Å²) in [5.41, 5.74) is 6.04. The maximum Gasteiger partial charge on any atom is 0.408 e. The van der Waals surface area contributed by atoms with E-state index >= 15 is 0 Å². The number of carbonyl (C=O) groups is 4. The Morgan fingerprint density at radius 1 is 0.970 bits per heavy atom. The number of amides is 1. The molecule has 2 aromatic rings. The minimum absolute atomic E-state index is 0.100. The zero-order chi connectivity index (χ0) is 24.6. The van der Waals surface area contributed by atoms with E-state index in [1.165, 1.54) is 12.1 Å². The van der Waals surface area contributed by atoms with E-state index in [2.05, 4.69) is 5.32 Å².